The zero-order valence-electron chi connectivity index (χ0n) is 11.1. The van der Waals surface area contributed by atoms with Gasteiger partial charge in [-0.15, -0.1) is 11.6 Å². The molecule has 1 N–H and O–H groups in total. The molecule has 0 aliphatic carbocycles. The summed E-state index contributed by atoms with van der Waals surface area (Å²) in [5.74, 6) is 0.806. The maximum absolute atomic E-state index is 11.6. The maximum atomic E-state index is 11.6. The first-order valence-electron chi connectivity index (χ1n) is 6.34. The van der Waals surface area contributed by atoms with Crippen molar-refractivity contribution in [3.63, 3.8) is 0 Å². The van der Waals surface area contributed by atoms with E-state index in [1.807, 2.05) is 24.5 Å². The Morgan fingerprint density at radius 1 is 1.58 bits per heavy atom. The highest BCUT2D eigenvalue weighted by molar-refractivity contribution is 6.20. The molecule has 2 rings (SSSR count). The Bertz CT molecular complexity index is 579. The lowest BCUT2D eigenvalue weighted by Gasteiger charge is -2.10. The van der Waals surface area contributed by atoms with E-state index in [0.29, 0.717) is 19.5 Å². The lowest BCUT2D eigenvalue weighted by Crippen LogP contribution is -2.24. The summed E-state index contributed by atoms with van der Waals surface area (Å²) >= 11 is 6.15. The van der Waals surface area contributed by atoms with Gasteiger partial charge in [0.1, 0.15) is 11.3 Å². The minimum absolute atomic E-state index is 0.0339. The number of halogens is 1. The molecule has 5 nitrogen and oxygen atoms in total. The lowest BCUT2D eigenvalue weighted by molar-refractivity contribution is -0.121. The monoisotopic (exact) mass is 280 g/mol. The third-order valence-electron chi connectivity index (χ3n) is 2.87. The number of nitrogens with zero attached hydrogens (tertiary/aromatic N) is 3. The van der Waals surface area contributed by atoms with Crippen LogP contribution in [0.3, 0.4) is 0 Å². The highest BCUT2D eigenvalue weighted by atomic mass is 35.5. The Balaban J connectivity index is 2.29. The molecular weight excluding hydrogens is 264 g/mol. The number of alkyl halides is 1. The fourth-order valence-corrected chi connectivity index (χ4v) is 2.20. The van der Waals surface area contributed by atoms with E-state index in [9.17, 15) is 4.79 Å². The summed E-state index contributed by atoms with van der Waals surface area (Å²) in [4.78, 5) is 20.1. The van der Waals surface area contributed by atoms with Crippen LogP contribution in [0.1, 0.15) is 31.5 Å². The maximum Gasteiger partial charge on any atom is 0.221 e. The minimum Gasteiger partial charge on any atom is -0.356 e. The van der Waals surface area contributed by atoms with Crippen LogP contribution >= 0.6 is 11.6 Å². The molecule has 102 valence electrons. The van der Waals surface area contributed by atoms with Crippen LogP contribution in [0.15, 0.2) is 18.5 Å². The first-order valence-corrected chi connectivity index (χ1v) is 6.78. The molecule has 2 aromatic rings. The molecule has 0 aliphatic rings. The van der Waals surface area contributed by atoms with Crippen LogP contribution < -0.4 is 5.32 Å². The second kappa shape index (κ2) is 6.02. The normalized spacial score (nSPS) is 12.6. The van der Waals surface area contributed by atoms with Crippen LogP contribution in [-0.2, 0) is 11.3 Å². The predicted molar refractivity (Wildman–Crippen MR) is 75.1 cm³/mol. The molecule has 0 saturated carbocycles. The van der Waals surface area contributed by atoms with Crippen molar-refractivity contribution < 1.29 is 4.79 Å². The third-order valence-corrected chi connectivity index (χ3v) is 3.07. The first-order chi connectivity index (χ1) is 9.13. The number of carbonyl (C=O) groups excluding carboxylic acids is 1. The van der Waals surface area contributed by atoms with Crippen LogP contribution in [0.25, 0.3) is 11.0 Å². The number of hydrogen-bond donors (Lipinski definition) is 1. The van der Waals surface area contributed by atoms with E-state index in [4.69, 9.17) is 11.6 Å². The van der Waals surface area contributed by atoms with Crippen LogP contribution in [0.2, 0.25) is 0 Å². The first kappa shape index (κ1) is 13.8. The molecule has 2 aromatic heterocycles. The lowest BCUT2D eigenvalue weighted by atomic mass is 10.3. The van der Waals surface area contributed by atoms with Crippen LogP contribution in [0, 0.1) is 0 Å². The Hall–Kier alpha value is -1.62. The molecule has 0 aliphatic heterocycles. The van der Waals surface area contributed by atoms with Crippen LogP contribution in [0.5, 0.6) is 0 Å². The number of rotatable bonds is 5. The number of imidazole rings is 1. The van der Waals surface area contributed by atoms with E-state index >= 15 is 0 Å². The molecule has 0 radical (unpaired) electrons. The van der Waals surface area contributed by atoms with Gasteiger partial charge < -0.3 is 9.88 Å². The summed E-state index contributed by atoms with van der Waals surface area (Å²) in [6.07, 6.45) is 3.84. The van der Waals surface area contributed by atoms with Crippen molar-refractivity contribution in [3.05, 3.63) is 24.3 Å². The van der Waals surface area contributed by atoms with Gasteiger partial charge in [-0.1, -0.05) is 0 Å². The second-order valence-corrected chi connectivity index (χ2v) is 4.96. The number of aryl methyl sites for hydroxylation is 1. The zero-order valence-corrected chi connectivity index (χ0v) is 11.8. The van der Waals surface area contributed by atoms with Crippen LogP contribution in [0.4, 0.5) is 0 Å². The fraction of sp³-hybridized carbons (Fsp3) is 0.462. The molecule has 0 bridgehead atoms. The van der Waals surface area contributed by atoms with E-state index in [1.165, 1.54) is 0 Å². The molecule has 6 heteroatoms. The Morgan fingerprint density at radius 3 is 3.05 bits per heavy atom. The van der Waals surface area contributed by atoms with Crippen LogP contribution in [-0.4, -0.2) is 27.0 Å². The number of pyridine rings is 1. The van der Waals surface area contributed by atoms with E-state index in [-0.39, 0.29) is 11.3 Å². The molecule has 1 amide bonds. The molecule has 19 heavy (non-hydrogen) atoms. The van der Waals surface area contributed by atoms with Gasteiger partial charge in [-0.3, -0.25) is 9.78 Å². The Kier molecular flexibility index (Phi) is 4.37. The van der Waals surface area contributed by atoms with Gasteiger partial charge in [-0.25, -0.2) is 4.98 Å². The van der Waals surface area contributed by atoms with Gasteiger partial charge in [-0.05, 0) is 19.9 Å². The Morgan fingerprint density at radius 2 is 2.37 bits per heavy atom. The van der Waals surface area contributed by atoms with Crippen molar-refractivity contribution in [2.75, 3.05) is 6.54 Å². The van der Waals surface area contributed by atoms with Crippen molar-refractivity contribution in [3.8, 4) is 0 Å². The number of amides is 1. The van der Waals surface area contributed by atoms with Crippen molar-refractivity contribution >= 4 is 28.5 Å². The molecule has 0 fully saturated rings. The van der Waals surface area contributed by atoms with Crippen molar-refractivity contribution in [1.29, 1.82) is 0 Å². The van der Waals surface area contributed by atoms with Crippen molar-refractivity contribution in [2.45, 2.75) is 32.2 Å². The summed E-state index contributed by atoms with van der Waals surface area (Å²) in [5, 5.41) is 2.58. The summed E-state index contributed by atoms with van der Waals surface area (Å²) in [6.45, 7) is 4.99. The van der Waals surface area contributed by atoms with Gasteiger partial charge >= 0.3 is 0 Å². The van der Waals surface area contributed by atoms with E-state index in [2.05, 4.69) is 15.3 Å². The molecule has 0 saturated heterocycles. The van der Waals surface area contributed by atoms with Gasteiger partial charge in [0.15, 0.2) is 0 Å². The Labute approximate surface area is 117 Å². The zero-order chi connectivity index (χ0) is 13.8. The highest BCUT2D eigenvalue weighted by Crippen LogP contribution is 2.24. The summed E-state index contributed by atoms with van der Waals surface area (Å²) in [7, 11) is 0. The molecule has 1 unspecified atom stereocenters. The van der Waals surface area contributed by atoms with Gasteiger partial charge in [-0.2, -0.15) is 0 Å². The van der Waals surface area contributed by atoms with Gasteiger partial charge in [0.05, 0.1) is 17.1 Å². The van der Waals surface area contributed by atoms with Gasteiger partial charge in [0, 0.05) is 25.7 Å². The number of nitrogens with one attached hydrogen (secondary N) is 1. The average molecular weight is 281 g/mol. The predicted octanol–water partition coefficient (Wildman–Crippen LogP) is 2.26. The molecule has 0 aromatic carbocycles. The topological polar surface area (TPSA) is 59.8 Å². The average Bonchev–Trinajstić information content (AvgIpc) is 2.75. The van der Waals surface area contributed by atoms with Gasteiger partial charge in [0.25, 0.3) is 0 Å². The van der Waals surface area contributed by atoms with Crippen molar-refractivity contribution in [1.82, 2.24) is 19.9 Å². The third kappa shape index (κ3) is 3.04. The number of hydrogen-bond acceptors (Lipinski definition) is 3. The number of fused-ring (bicyclic) bond motifs is 1. The second-order valence-electron chi connectivity index (χ2n) is 4.31. The summed E-state index contributed by atoms with van der Waals surface area (Å²) in [6, 6.07) is 1.89. The quantitative estimate of drug-likeness (QED) is 0.855. The SMILES string of the molecule is CCNC(=O)CCn1c(C(C)Cl)nc2cnccc21. The van der Waals surface area contributed by atoms with E-state index in [0.717, 1.165) is 16.9 Å². The largest absolute Gasteiger partial charge is 0.356 e. The van der Waals surface area contributed by atoms with E-state index < -0.39 is 0 Å². The smallest absolute Gasteiger partial charge is 0.221 e. The molecule has 0 spiro atoms. The number of aromatic nitrogens is 3. The van der Waals surface area contributed by atoms with Crippen molar-refractivity contribution in [2.24, 2.45) is 0 Å². The molecule has 2 heterocycles. The summed E-state index contributed by atoms with van der Waals surface area (Å²) in [5.41, 5.74) is 1.77. The molecular formula is C13H17ClN4O. The summed E-state index contributed by atoms with van der Waals surface area (Å²) < 4.78 is 1.99. The number of carbonyl (C=O) groups is 1. The standard InChI is InChI=1S/C13H17ClN4O/c1-3-16-12(19)5-7-18-11-4-6-15-8-10(11)17-13(18)9(2)14/h4,6,8-9H,3,5,7H2,1-2H3,(H,16,19). The highest BCUT2D eigenvalue weighted by Gasteiger charge is 2.15. The molecule has 1 atom stereocenters. The minimum atomic E-state index is -0.207. The van der Waals surface area contributed by atoms with E-state index in [1.54, 1.807) is 12.4 Å². The van der Waals surface area contributed by atoms with Gasteiger partial charge in [0.2, 0.25) is 5.91 Å². The fourth-order valence-electron chi connectivity index (χ4n) is 2.04.